The highest BCUT2D eigenvalue weighted by atomic mass is 16.6. The maximum Gasteiger partial charge on any atom is 0.244 e. The summed E-state index contributed by atoms with van der Waals surface area (Å²) in [6, 6.07) is 13.8. The van der Waals surface area contributed by atoms with Gasteiger partial charge in [-0.3, -0.25) is 9.63 Å². The Bertz CT molecular complexity index is 522. The molecule has 1 N–H and O–H groups in total. The molecule has 0 fully saturated rings. The Hall–Kier alpha value is -2.07. The zero-order valence-electron chi connectivity index (χ0n) is 12.2. The van der Waals surface area contributed by atoms with E-state index in [4.69, 9.17) is 9.25 Å². The zero-order valence-corrected chi connectivity index (χ0v) is 12.2. The molecule has 1 unspecified atom stereocenters. The second kappa shape index (κ2) is 8.27. The molecule has 1 heterocycles. The lowest BCUT2D eigenvalue weighted by atomic mass is 9.98. The van der Waals surface area contributed by atoms with Crippen LogP contribution >= 0.6 is 0 Å². The van der Waals surface area contributed by atoms with Crippen molar-refractivity contribution < 1.29 is 14.0 Å². The van der Waals surface area contributed by atoms with Crippen LogP contribution in [0, 0.1) is 0 Å². The van der Waals surface area contributed by atoms with E-state index in [2.05, 4.69) is 5.48 Å². The third-order valence-electron chi connectivity index (χ3n) is 3.30. The molecule has 1 aromatic heterocycles. The van der Waals surface area contributed by atoms with Crippen molar-refractivity contribution in [3.63, 3.8) is 0 Å². The highest BCUT2D eigenvalue weighted by molar-refractivity contribution is 5.75. The van der Waals surface area contributed by atoms with Crippen LogP contribution in [0.3, 0.4) is 0 Å². The molecule has 1 amide bonds. The first kappa shape index (κ1) is 15.3. The summed E-state index contributed by atoms with van der Waals surface area (Å²) in [4.78, 5) is 17.0. The number of carbonyl (C=O) groups is 1. The van der Waals surface area contributed by atoms with Crippen LogP contribution in [0.2, 0.25) is 0 Å². The predicted octanol–water partition coefficient (Wildman–Crippen LogP) is 3.45. The SMILES string of the molecule is CC(CC(=O)NOCCCc1ccco1)c1ccccc1. The number of nitrogens with one attached hydrogen (secondary N) is 1. The number of carbonyl (C=O) groups excluding carboxylic acids is 1. The van der Waals surface area contributed by atoms with E-state index in [1.807, 2.05) is 49.4 Å². The van der Waals surface area contributed by atoms with E-state index in [1.165, 1.54) is 0 Å². The van der Waals surface area contributed by atoms with Crippen molar-refractivity contribution in [1.82, 2.24) is 5.48 Å². The number of hydroxylamine groups is 1. The fourth-order valence-electron chi connectivity index (χ4n) is 2.12. The first-order chi connectivity index (χ1) is 10.3. The molecule has 4 heteroatoms. The lowest BCUT2D eigenvalue weighted by molar-refractivity contribution is -0.133. The van der Waals surface area contributed by atoms with Crippen molar-refractivity contribution >= 4 is 5.91 Å². The average molecular weight is 287 g/mol. The van der Waals surface area contributed by atoms with Crippen LogP contribution in [-0.4, -0.2) is 12.5 Å². The molecule has 1 atom stereocenters. The van der Waals surface area contributed by atoms with Gasteiger partial charge < -0.3 is 4.42 Å². The van der Waals surface area contributed by atoms with E-state index in [0.717, 1.165) is 24.2 Å². The van der Waals surface area contributed by atoms with Crippen molar-refractivity contribution in [2.24, 2.45) is 0 Å². The minimum atomic E-state index is -0.0932. The first-order valence-electron chi connectivity index (χ1n) is 7.23. The molecule has 0 saturated carbocycles. The summed E-state index contributed by atoms with van der Waals surface area (Å²) in [5.74, 6) is 1.02. The number of rotatable bonds is 8. The number of hydrogen-bond donors (Lipinski definition) is 1. The van der Waals surface area contributed by atoms with E-state index in [9.17, 15) is 4.79 Å². The van der Waals surface area contributed by atoms with Gasteiger partial charge in [-0.25, -0.2) is 5.48 Å². The number of hydrogen-bond acceptors (Lipinski definition) is 3. The smallest absolute Gasteiger partial charge is 0.244 e. The lowest BCUT2D eigenvalue weighted by Gasteiger charge is -2.11. The van der Waals surface area contributed by atoms with Gasteiger partial charge in [-0.15, -0.1) is 0 Å². The van der Waals surface area contributed by atoms with Gasteiger partial charge in [-0.1, -0.05) is 37.3 Å². The lowest BCUT2D eigenvalue weighted by Crippen LogP contribution is -2.25. The molecule has 2 rings (SSSR count). The molecule has 0 aliphatic rings. The zero-order chi connectivity index (χ0) is 14.9. The highest BCUT2D eigenvalue weighted by Gasteiger charge is 2.10. The van der Waals surface area contributed by atoms with E-state index >= 15 is 0 Å². The van der Waals surface area contributed by atoms with Crippen molar-refractivity contribution in [3.8, 4) is 0 Å². The van der Waals surface area contributed by atoms with Gasteiger partial charge in [-0.05, 0) is 30.0 Å². The van der Waals surface area contributed by atoms with Gasteiger partial charge in [0.05, 0.1) is 12.9 Å². The van der Waals surface area contributed by atoms with Crippen LogP contribution in [0.15, 0.2) is 53.1 Å². The largest absolute Gasteiger partial charge is 0.469 e. The summed E-state index contributed by atoms with van der Waals surface area (Å²) in [5, 5.41) is 0. The summed E-state index contributed by atoms with van der Waals surface area (Å²) in [7, 11) is 0. The molecule has 21 heavy (non-hydrogen) atoms. The molecule has 1 aromatic carbocycles. The number of aryl methyl sites for hydroxylation is 1. The Morgan fingerprint density at radius 3 is 2.76 bits per heavy atom. The summed E-state index contributed by atoms with van der Waals surface area (Å²) in [6.07, 6.45) is 3.69. The van der Waals surface area contributed by atoms with Crippen LogP contribution in [0.5, 0.6) is 0 Å². The highest BCUT2D eigenvalue weighted by Crippen LogP contribution is 2.17. The van der Waals surface area contributed by atoms with Crippen LogP contribution in [-0.2, 0) is 16.1 Å². The topological polar surface area (TPSA) is 51.5 Å². The third kappa shape index (κ3) is 5.44. The molecular formula is C17H21NO3. The maximum atomic E-state index is 11.8. The molecule has 0 spiro atoms. The van der Waals surface area contributed by atoms with Crippen LogP contribution in [0.4, 0.5) is 0 Å². The summed E-state index contributed by atoms with van der Waals surface area (Å²) in [5.41, 5.74) is 3.65. The molecule has 4 nitrogen and oxygen atoms in total. The fraction of sp³-hybridized carbons (Fsp3) is 0.353. The van der Waals surface area contributed by atoms with Gasteiger partial charge in [0.2, 0.25) is 5.91 Å². The minimum absolute atomic E-state index is 0.0932. The van der Waals surface area contributed by atoms with E-state index in [-0.39, 0.29) is 11.8 Å². The molecule has 0 bridgehead atoms. The molecule has 0 radical (unpaired) electrons. The normalized spacial score (nSPS) is 12.0. The number of benzene rings is 1. The van der Waals surface area contributed by atoms with Crippen molar-refractivity contribution in [2.75, 3.05) is 6.61 Å². The second-order valence-corrected chi connectivity index (χ2v) is 5.07. The Morgan fingerprint density at radius 1 is 1.24 bits per heavy atom. The Morgan fingerprint density at radius 2 is 2.05 bits per heavy atom. The Balaban J connectivity index is 1.59. The standard InChI is InChI=1S/C17H21NO3/c1-14(15-7-3-2-4-8-15)13-17(19)18-21-12-6-10-16-9-5-11-20-16/h2-5,7-9,11,14H,6,10,12-13H2,1H3,(H,18,19). The fourth-order valence-corrected chi connectivity index (χ4v) is 2.12. The van der Waals surface area contributed by atoms with Gasteiger partial charge in [0.25, 0.3) is 0 Å². The van der Waals surface area contributed by atoms with Crippen LogP contribution in [0.1, 0.15) is 37.0 Å². The van der Waals surface area contributed by atoms with Crippen molar-refractivity contribution in [3.05, 3.63) is 60.1 Å². The number of amides is 1. The van der Waals surface area contributed by atoms with Crippen molar-refractivity contribution in [1.29, 1.82) is 0 Å². The monoisotopic (exact) mass is 287 g/mol. The maximum absolute atomic E-state index is 11.8. The quantitative estimate of drug-likeness (QED) is 0.597. The molecule has 2 aromatic rings. The third-order valence-corrected chi connectivity index (χ3v) is 3.30. The van der Waals surface area contributed by atoms with Crippen LogP contribution in [0.25, 0.3) is 0 Å². The van der Waals surface area contributed by atoms with Gasteiger partial charge in [0.1, 0.15) is 5.76 Å². The van der Waals surface area contributed by atoms with E-state index in [1.54, 1.807) is 6.26 Å². The molecule has 0 aliphatic heterocycles. The molecular weight excluding hydrogens is 266 g/mol. The summed E-state index contributed by atoms with van der Waals surface area (Å²) < 4.78 is 5.22. The molecule has 0 aliphatic carbocycles. The van der Waals surface area contributed by atoms with Gasteiger partial charge in [-0.2, -0.15) is 0 Å². The first-order valence-corrected chi connectivity index (χ1v) is 7.23. The molecule has 0 saturated heterocycles. The average Bonchev–Trinajstić information content (AvgIpc) is 3.01. The van der Waals surface area contributed by atoms with Crippen molar-refractivity contribution in [2.45, 2.75) is 32.1 Å². The Kier molecular flexibility index (Phi) is 6.03. The second-order valence-electron chi connectivity index (χ2n) is 5.07. The Labute approximate surface area is 125 Å². The minimum Gasteiger partial charge on any atom is -0.469 e. The van der Waals surface area contributed by atoms with Gasteiger partial charge in [0, 0.05) is 12.8 Å². The summed E-state index contributed by atoms with van der Waals surface area (Å²) >= 11 is 0. The molecule has 112 valence electrons. The van der Waals surface area contributed by atoms with Gasteiger partial charge in [0.15, 0.2) is 0 Å². The predicted molar refractivity (Wildman–Crippen MR) is 80.6 cm³/mol. The van der Waals surface area contributed by atoms with Gasteiger partial charge >= 0.3 is 0 Å². The van der Waals surface area contributed by atoms with Crippen LogP contribution < -0.4 is 5.48 Å². The van der Waals surface area contributed by atoms with E-state index in [0.29, 0.717) is 13.0 Å². The summed E-state index contributed by atoms with van der Waals surface area (Å²) in [6.45, 7) is 2.51. The van der Waals surface area contributed by atoms with E-state index < -0.39 is 0 Å². The number of furan rings is 1.